The average Bonchev–Trinajstić information content (AvgIpc) is 3.33. The Bertz CT molecular complexity index is 1410. The quantitative estimate of drug-likeness (QED) is 0.323. The lowest BCUT2D eigenvalue weighted by Crippen LogP contribution is -2.09. The van der Waals surface area contributed by atoms with Crippen LogP contribution in [0.3, 0.4) is 0 Å². The van der Waals surface area contributed by atoms with Crippen molar-refractivity contribution in [3.05, 3.63) is 102 Å². The first-order valence-corrected chi connectivity index (χ1v) is 10.6. The molecule has 6 heteroatoms. The molecule has 1 heterocycles. The zero-order valence-corrected chi connectivity index (χ0v) is 17.6. The Balaban J connectivity index is 1.55. The van der Waals surface area contributed by atoms with E-state index in [-0.39, 0.29) is 0 Å². The Labute approximate surface area is 189 Å². The van der Waals surface area contributed by atoms with Crippen molar-refractivity contribution in [2.45, 2.75) is 0 Å². The van der Waals surface area contributed by atoms with Crippen molar-refractivity contribution in [1.82, 2.24) is 8.75 Å². The van der Waals surface area contributed by atoms with Gasteiger partial charge in [0.15, 0.2) is 0 Å². The normalized spacial score (nSPS) is 10.4. The van der Waals surface area contributed by atoms with Crippen LogP contribution in [0, 0.1) is 22.7 Å². The van der Waals surface area contributed by atoms with Gasteiger partial charge in [-0.05, 0) is 83.9 Å². The van der Waals surface area contributed by atoms with Crippen LogP contribution in [0.15, 0.2) is 91.0 Å². The van der Waals surface area contributed by atoms with Gasteiger partial charge in [0.2, 0.25) is 0 Å². The van der Waals surface area contributed by atoms with Gasteiger partial charge in [-0.15, -0.1) is 0 Å². The van der Waals surface area contributed by atoms with Gasteiger partial charge in [-0.3, -0.25) is 0 Å². The highest BCUT2D eigenvalue weighted by molar-refractivity contribution is 7.00. The topological polar surface area (TPSA) is 76.6 Å². The molecule has 0 radical (unpaired) electrons. The van der Waals surface area contributed by atoms with E-state index in [0.717, 1.165) is 39.2 Å². The zero-order chi connectivity index (χ0) is 21.9. The number of anilines is 3. The van der Waals surface area contributed by atoms with E-state index in [2.05, 4.69) is 56.1 Å². The number of hydrogen-bond donors (Lipinski definition) is 0. The largest absolute Gasteiger partial charge is 0.311 e. The van der Waals surface area contributed by atoms with Gasteiger partial charge in [0, 0.05) is 17.1 Å². The molecule has 5 nitrogen and oxygen atoms in total. The van der Waals surface area contributed by atoms with Crippen LogP contribution < -0.4 is 4.90 Å². The first kappa shape index (κ1) is 19.4. The molecule has 1 aromatic heterocycles. The highest BCUT2D eigenvalue weighted by Crippen LogP contribution is 2.36. The number of hydrogen-bond acceptors (Lipinski definition) is 6. The number of fused-ring (bicyclic) bond motifs is 1. The molecule has 5 rings (SSSR count). The van der Waals surface area contributed by atoms with Gasteiger partial charge in [-0.1, -0.05) is 18.2 Å². The van der Waals surface area contributed by atoms with Crippen molar-refractivity contribution in [3.63, 3.8) is 0 Å². The third kappa shape index (κ3) is 3.67. The molecule has 0 aliphatic heterocycles. The molecule has 0 saturated carbocycles. The second-order valence-corrected chi connectivity index (χ2v) is 7.70. The molecule has 4 aromatic carbocycles. The van der Waals surface area contributed by atoms with Crippen molar-refractivity contribution in [2.24, 2.45) is 0 Å². The predicted molar refractivity (Wildman–Crippen MR) is 127 cm³/mol. The molecule has 0 spiro atoms. The molecule has 32 heavy (non-hydrogen) atoms. The summed E-state index contributed by atoms with van der Waals surface area (Å²) in [5, 5.41) is 18.3. The summed E-state index contributed by atoms with van der Waals surface area (Å²) in [6.07, 6.45) is 0. The van der Waals surface area contributed by atoms with Gasteiger partial charge in [-0.2, -0.15) is 19.3 Å². The Morgan fingerprint density at radius 2 is 1.03 bits per heavy atom. The van der Waals surface area contributed by atoms with E-state index in [0.29, 0.717) is 11.1 Å². The fourth-order valence-corrected chi connectivity index (χ4v) is 4.10. The minimum Gasteiger partial charge on any atom is -0.311 e. The lowest BCUT2D eigenvalue weighted by atomic mass is 10.0. The summed E-state index contributed by atoms with van der Waals surface area (Å²) < 4.78 is 8.60. The fourth-order valence-electron chi connectivity index (χ4n) is 3.58. The van der Waals surface area contributed by atoms with E-state index in [1.165, 1.54) is 11.7 Å². The summed E-state index contributed by atoms with van der Waals surface area (Å²) >= 11 is 1.22. The maximum atomic E-state index is 9.15. The van der Waals surface area contributed by atoms with Crippen LogP contribution in [0.1, 0.15) is 11.1 Å². The van der Waals surface area contributed by atoms with Crippen LogP contribution in [-0.4, -0.2) is 8.75 Å². The first-order chi connectivity index (χ1) is 15.7. The third-order valence-corrected chi connectivity index (χ3v) is 5.78. The Hall–Kier alpha value is -4.52. The third-order valence-electron chi connectivity index (χ3n) is 5.22. The average molecular weight is 430 g/mol. The van der Waals surface area contributed by atoms with Crippen LogP contribution in [0.5, 0.6) is 0 Å². The molecule has 0 unspecified atom stereocenters. The van der Waals surface area contributed by atoms with Crippen LogP contribution >= 0.6 is 11.7 Å². The van der Waals surface area contributed by atoms with Gasteiger partial charge < -0.3 is 4.90 Å². The zero-order valence-electron chi connectivity index (χ0n) is 16.8. The monoisotopic (exact) mass is 429 g/mol. The second-order valence-electron chi connectivity index (χ2n) is 7.17. The molecule has 0 atom stereocenters. The maximum absolute atomic E-state index is 9.15. The van der Waals surface area contributed by atoms with E-state index in [4.69, 9.17) is 10.5 Å². The molecule has 0 fully saturated rings. The molecule has 0 aliphatic carbocycles. The predicted octanol–water partition coefficient (Wildman–Crippen LogP) is 6.57. The van der Waals surface area contributed by atoms with E-state index < -0.39 is 0 Å². The van der Waals surface area contributed by atoms with E-state index in [1.807, 2.05) is 36.4 Å². The summed E-state index contributed by atoms with van der Waals surface area (Å²) in [6.45, 7) is 0. The summed E-state index contributed by atoms with van der Waals surface area (Å²) in [6, 6.07) is 33.6. The van der Waals surface area contributed by atoms with Crippen LogP contribution in [0.4, 0.5) is 17.1 Å². The molecule has 150 valence electrons. The summed E-state index contributed by atoms with van der Waals surface area (Å²) in [7, 11) is 0. The van der Waals surface area contributed by atoms with E-state index in [9.17, 15) is 0 Å². The number of nitriles is 2. The molecule has 0 aliphatic rings. The smallest absolute Gasteiger partial charge is 0.105 e. The number of rotatable bonds is 4. The van der Waals surface area contributed by atoms with Gasteiger partial charge in [0.25, 0.3) is 0 Å². The molecule has 0 amide bonds. The Morgan fingerprint density at radius 3 is 1.56 bits per heavy atom. The van der Waals surface area contributed by atoms with E-state index >= 15 is 0 Å². The van der Waals surface area contributed by atoms with Crippen molar-refractivity contribution in [3.8, 4) is 23.3 Å². The number of nitrogens with zero attached hydrogens (tertiary/aromatic N) is 5. The SMILES string of the molecule is N#Cc1ccc(N(c2ccc(C#N)cc2)c2ccc(-c3ccc4nsnc4c3)cc2)cc1. The number of aromatic nitrogens is 2. The first-order valence-electron chi connectivity index (χ1n) is 9.88. The minimum atomic E-state index is 0.607. The standard InChI is InChI=1S/C26H15N5S/c27-16-18-1-8-22(9-2-18)31(23-10-3-19(17-28)4-11-23)24-12-5-20(6-13-24)21-7-14-25-26(15-21)30-32-29-25/h1-15H. The van der Waals surface area contributed by atoms with Gasteiger partial charge in [0.1, 0.15) is 11.0 Å². The van der Waals surface area contributed by atoms with Crippen molar-refractivity contribution in [2.75, 3.05) is 4.90 Å². The highest BCUT2D eigenvalue weighted by Gasteiger charge is 2.13. The second kappa shape index (κ2) is 8.31. The van der Waals surface area contributed by atoms with Crippen molar-refractivity contribution < 1.29 is 0 Å². The maximum Gasteiger partial charge on any atom is 0.105 e. The molecule has 0 bridgehead atoms. The van der Waals surface area contributed by atoms with Crippen LogP contribution in [-0.2, 0) is 0 Å². The van der Waals surface area contributed by atoms with Crippen molar-refractivity contribution in [1.29, 1.82) is 10.5 Å². The Morgan fingerprint density at radius 1 is 0.562 bits per heavy atom. The minimum absolute atomic E-state index is 0.607. The van der Waals surface area contributed by atoms with Crippen LogP contribution in [0.2, 0.25) is 0 Å². The number of benzene rings is 4. The molecule has 5 aromatic rings. The highest BCUT2D eigenvalue weighted by atomic mass is 32.1. The summed E-state index contributed by atoms with van der Waals surface area (Å²) in [5.41, 5.74) is 8.01. The lowest BCUT2D eigenvalue weighted by molar-refractivity contribution is 1.28. The molecular formula is C26H15N5S. The van der Waals surface area contributed by atoms with Gasteiger partial charge in [0.05, 0.1) is 35.0 Å². The fraction of sp³-hybridized carbons (Fsp3) is 0. The molecule has 0 N–H and O–H groups in total. The summed E-state index contributed by atoms with van der Waals surface area (Å²) in [4.78, 5) is 2.10. The summed E-state index contributed by atoms with van der Waals surface area (Å²) in [5.74, 6) is 0. The Kier molecular flexibility index (Phi) is 5.05. The van der Waals surface area contributed by atoms with E-state index in [1.54, 1.807) is 24.3 Å². The van der Waals surface area contributed by atoms with Gasteiger partial charge >= 0.3 is 0 Å². The molecular weight excluding hydrogens is 414 g/mol. The lowest BCUT2D eigenvalue weighted by Gasteiger charge is -2.25. The van der Waals surface area contributed by atoms with Crippen LogP contribution in [0.25, 0.3) is 22.2 Å². The molecule has 0 saturated heterocycles. The van der Waals surface area contributed by atoms with Gasteiger partial charge in [-0.25, -0.2) is 0 Å². The van der Waals surface area contributed by atoms with Crippen molar-refractivity contribution >= 4 is 39.8 Å².